The van der Waals surface area contributed by atoms with E-state index in [0.717, 1.165) is 5.32 Å². The largest absolute Gasteiger partial charge is 0.484 e. The number of carbonyl (C=O) groups excluding carboxylic acids is 2. The molecule has 1 fully saturated rings. The zero-order valence-corrected chi connectivity index (χ0v) is 11.7. The van der Waals surface area contributed by atoms with Crippen LogP contribution in [0.3, 0.4) is 0 Å². The Hall–Kier alpha value is -1.47. The third-order valence-electron chi connectivity index (χ3n) is 2.89. The molecule has 0 unspecified atom stereocenters. The summed E-state index contributed by atoms with van der Waals surface area (Å²) in [5.41, 5.74) is -2.33. The van der Waals surface area contributed by atoms with Gasteiger partial charge in [-0.1, -0.05) is 12.8 Å². The van der Waals surface area contributed by atoms with Crippen molar-refractivity contribution in [3.8, 4) is 0 Å². The lowest BCUT2D eigenvalue weighted by Gasteiger charge is -2.30. The van der Waals surface area contributed by atoms with Crippen LogP contribution < -0.4 is 10.6 Å². The first-order valence-electron chi connectivity index (χ1n) is 6.34. The molecule has 116 valence electrons. The highest BCUT2D eigenvalue weighted by Gasteiger charge is 2.47. The van der Waals surface area contributed by atoms with E-state index in [2.05, 4.69) is 5.32 Å². The zero-order chi connectivity index (χ0) is 15.6. The predicted molar refractivity (Wildman–Crippen MR) is 64.8 cm³/mol. The number of carbonyl (C=O) groups is 2. The minimum absolute atomic E-state index is 0.161. The summed E-state index contributed by atoms with van der Waals surface area (Å²) in [6.07, 6.45) is -4.25. The van der Waals surface area contributed by atoms with Gasteiger partial charge in [-0.15, -0.1) is 0 Å². The molecule has 1 saturated carbocycles. The molecule has 0 aromatic carbocycles. The molecule has 0 atom stereocenters. The van der Waals surface area contributed by atoms with Crippen LogP contribution in [0.2, 0.25) is 0 Å². The smallest absolute Gasteiger partial charge is 0.444 e. The predicted octanol–water partition coefficient (Wildman–Crippen LogP) is 2.46. The normalized spacial score (nSPS) is 18.5. The maximum absolute atomic E-state index is 12.3. The summed E-state index contributed by atoms with van der Waals surface area (Å²) in [6, 6.07) is 0. The Labute approximate surface area is 115 Å². The minimum Gasteiger partial charge on any atom is -0.444 e. The second kappa shape index (κ2) is 5.49. The average molecular weight is 296 g/mol. The monoisotopic (exact) mass is 296 g/mol. The van der Waals surface area contributed by atoms with E-state index in [4.69, 9.17) is 4.74 Å². The molecule has 0 radical (unpaired) electrons. The summed E-state index contributed by atoms with van der Waals surface area (Å²) in [5, 5.41) is 3.26. The van der Waals surface area contributed by atoms with Crippen molar-refractivity contribution in [2.24, 2.45) is 0 Å². The quantitative estimate of drug-likeness (QED) is 0.769. The van der Waals surface area contributed by atoms with Gasteiger partial charge < -0.3 is 10.1 Å². The first kappa shape index (κ1) is 16.6. The van der Waals surface area contributed by atoms with E-state index < -0.39 is 29.4 Å². The number of halogens is 3. The summed E-state index contributed by atoms with van der Waals surface area (Å²) in [4.78, 5) is 23.5. The molecule has 20 heavy (non-hydrogen) atoms. The third kappa shape index (κ3) is 4.90. The molecule has 2 amide bonds. The molecule has 2 N–H and O–H groups in total. The van der Waals surface area contributed by atoms with Gasteiger partial charge >= 0.3 is 12.4 Å². The Kier molecular flexibility index (Phi) is 4.55. The van der Waals surface area contributed by atoms with Gasteiger partial charge in [-0.05, 0) is 33.6 Å². The van der Waals surface area contributed by atoms with Crippen molar-refractivity contribution in [3.05, 3.63) is 0 Å². The molecule has 1 aliphatic rings. The molecule has 0 aromatic rings. The summed E-state index contributed by atoms with van der Waals surface area (Å²) >= 11 is 0. The third-order valence-corrected chi connectivity index (χ3v) is 2.89. The fourth-order valence-electron chi connectivity index (χ4n) is 2.13. The van der Waals surface area contributed by atoms with E-state index >= 15 is 0 Å². The molecule has 0 saturated heterocycles. The first-order chi connectivity index (χ1) is 8.94. The topological polar surface area (TPSA) is 67.4 Å². The maximum Gasteiger partial charge on any atom is 0.484 e. The molecule has 5 nitrogen and oxygen atoms in total. The van der Waals surface area contributed by atoms with Crippen LogP contribution in [-0.2, 0) is 9.53 Å². The van der Waals surface area contributed by atoms with Crippen LogP contribution in [0.15, 0.2) is 0 Å². The summed E-state index contributed by atoms with van der Waals surface area (Å²) < 4.78 is 41.8. The van der Waals surface area contributed by atoms with Crippen molar-refractivity contribution in [2.75, 3.05) is 0 Å². The highest BCUT2D eigenvalue weighted by atomic mass is 19.4. The Morgan fingerprint density at radius 1 is 1.10 bits per heavy atom. The fourth-order valence-corrected chi connectivity index (χ4v) is 2.13. The Bertz CT molecular complexity index is 382. The van der Waals surface area contributed by atoms with Crippen molar-refractivity contribution in [1.29, 1.82) is 0 Å². The number of rotatable bonds is 2. The minimum atomic E-state index is -4.82. The second-order valence-corrected chi connectivity index (χ2v) is 5.87. The number of ether oxygens (including phenoxy) is 1. The van der Waals surface area contributed by atoms with E-state index in [1.807, 2.05) is 0 Å². The number of hydrogen-bond acceptors (Lipinski definition) is 3. The van der Waals surface area contributed by atoms with E-state index in [1.54, 1.807) is 20.8 Å². The van der Waals surface area contributed by atoms with Crippen LogP contribution in [0.5, 0.6) is 0 Å². The van der Waals surface area contributed by atoms with E-state index in [1.165, 1.54) is 0 Å². The highest BCUT2D eigenvalue weighted by molar-refractivity contribution is 5.90. The van der Waals surface area contributed by atoms with Crippen LogP contribution in [0.1, 0.15) is 46.5 Å². The Balaban J connectivity index is 2.77. The van der Waals surface area contributed by atoms with Gasteiger partial charge in [-0.3, -0.25) is 10.1 Å². The average Bonchev–Trinajstić information content (AvgIpc) is 2.61. The van der Waals surface area contributed by atoms with Gasteiger partial charge in [0.1, 0.15) is 11.1 Å². The van der Waals surface area contributed by atoms with Gasteiger partial charge in [0.05, 0.1) is 0 Å². The van der Waals surface area contributed by atoms with Gasteiger partial charge in [0.2, 0.25) is 0 Å². The van der Waals surface area contributed by atoms with E-state index in [0.29, 0.717) is 12.8 Å². The van der Waals surface area contributed by atoms with E-state index in [-0.39, 0.29) is 12.8 Å². The van der Waals surface area contributed by atoms with E-state index in [9.17, 15) is 22.8 Å². The highest BCUT2D eigenvalue weighted by Crippen LogP contribution is 2.31. The number of alkyl carbamates (subject to hydrolysis) is 1. The molecular weight excluding hydrogens is 277 g/mol. The standard InChI is InChI=1S/C12H19F3N2O3/c1-10(2,3)20-9(19)17-11(6-4-5-7-11)8(18)16-12(13,14)15/h4-7H2,1-3H3,(H,16,18)(H,17,19). The molecule has 1 rings (SSSR count). The molecular formula is C12H19F3N2O3. The number of amides is 2. The SMILES string of the molecule is CC(C)(C)OC(=O)NC1(C(=O)NC(F)(F)F)CCCC1. The lowest BCUT2D eigenvalue weighted by Crippen LogP contribution is -2.60. The van der Waals surface area contributed by atoms with Crippen LogP contribution in [-0.4, -0.2) is 29.4 Å². The number of nitrogens with one attached hydrogen (secondary N) is 2. The summed E-state index contributed by atoms with van der Waals surface area (Å²) in [6.45, 7) is 4.89. The van der Waals surface area contributed by atoms with Gasteiger partial charge in [-0.25, -0.2) is 4.79 Å². The number of hydrogen-bond donors (Lipinski definition) is 2. The zero-order valence-electron chi connectivity index (χ0n) is 11.7. The molecule has 1 aliphatic carbocycles. The first-order valence-corrected chi connectivity index (χ1v) is 6.34. The lowest BCUT2D eigenvalue weighted by atomic mass is 9.96. The maximum atomic E-state index is 12.3. The van der Waals surface area contributed by atoms with Crippen molar-refractivity contribution in [1.82, 2.24) is 10.6 Å². The van der Waals surface area contributed by atoms with Crippen molar-refractivity contribution >= 4 is 12.0 Å². The van der Waals surface area contributed by atoms with Gasteiger partial charge in [-0.2, -0.15) is 13.2 Å². The Morgan fingerprint density at radius 2 is 1.60 bits per heavy atom. The van der Waals surface area contributed by atoms with Crippen LogP contribution in [0.4, 0.5) is 18.0 Å². The molecule has 0 aliphatic heterocycles. The van der Waals surface area contributed by atoms with Crippen molar-refractivity contribution < 1.29 is 27.5 Å². The van der Waals surface area contributed by atoms with Crippen molar-refractivity contribution in [2.45, 2.75) is 63.9 Å². The number of alkyl halides is 3. The molecule has 0 heterocycles. The van der Waals surface area contributed by atoms with Gasteiger partial charge in [0.15, 0.2) is 0 Å². The van der Waals surface area contributed by atoms with Gasteiger partial charge in [0, 0.05) is 0 Å². The van der Waals surface area contributed by atoms with Gasteiger partial charge in [0.25, 0.3) is 5.91 Å². The second-order valence-electron chi connectivity index (χ2n) is 5.87. The van der Waals surface area contributed by atoms with Crippen LogP contribution in [0.25, 0.3) is 0 Å². The lowest BCUT2D eigenvalue weighted by molar-refractivity contribution is -0.173. The Morgan fingerprint density at radius 3 is 2.00 bits per heavy atom. The molecule has 0 aromatic heterocycles. The fraction of sp³-hybridized carbons (Fsp3) is 0.833. The van der Waals surface area contributed by atoms with Crippen LogP contribution in [0, 0.1) is 0 Å². The molecule has 0 spiro atoms. The summed E-state index contributed by atoms with van der Waals surface area (Å²) in [7, 11) is 0. The van der Waals surface area contributed by atoms with Crippen LogP contribution >= 0.6 is 0 Å². The van der Waals surface area contributed by atoms with Crippen molar-refractivity contribution in [3.63, 3.8) is 0 Å². The molecule has 8 heteroatoms. The molecule has 0 bridgehead atoms. The summed E-state index contributed by atoms with van der Waals surface area (Å²) in [5.74, 6) is -1.24.